The second kappa shape index (κ2) is 6.61. The average molecular weight is 419 g/mol. The molecule has 4 rings (SSSR count). The van der Waals surface area contributed by atoms with Crippen molar-refractivity contribution in [2.24, 2.45) is 0 Å². The van der Waals surface area contributed by atoms with Gasteiger partial charge >= 0.3 is 0 Å². The minimum Gasteiger partial charge on any atom is -0.493 e. The molecule has 5 nitrogen and oxygen atoms in total. The van der Waals surface area contributed by atoms with Crippen molar-refractivity contribution < 1.29 is 9.53 Å². The molecular formula is C18H13BrClN3O2. The SMILES string of the molecule is O=C(N[C@H]1CCOc2ccccc21)c1nnc2c(Br)cccc2c1Cl. The van der Waals surface area contributed by atoms with E-state index in [4.69, 9.17) is 16.3 Å². The van der Waals surface area contributed by atoms with E-state index < -0.39 is 0 Å². The molecule has 0 unspecified atom stereocenters. The second-order valence-corrected chi connectivity index (χ2v) is 6.93. The number of ether oxygens (including phenoxy) is 1. The van der Waals surface area contributed by atoms with Crippen molar-refractivity contribution in [1.82, 2.24) is 15.5 Å². The molecule has 0 saturated carbocycles. The Bertz CT molecular complexity index is 980. The molecule has 0 aliphatic carbocycles. The molecule has 1 aromatic heterocycles. The number of benzene rings is 2. The first kappa shape index (κ1) is 16.3. The maximum Gasteiger partial charge on any atom is 0.273 e. The van der Waals surface area contributed by atoms with Crippen LogP contribution in [0.3, 0.4) is 0 Å². The number of carbonyl (C=O) groups excluding carboxylic acids is 1. The predicted octanol–water partition coefficient (Wildman–Crippen LogP) is 4.30. The molecule has 2 heterocycles. The summed E-state index contributed by atoms with van der Waals surface area (Å²) in [6.45, 7) is 0.548. The molecule has 7 heteroatoms. The van der Waals surface area contributed by atoms with Crippen LogP contribution in [-0.4, -0.2) is 22.7 Å². The Hall–Kier alpha value is -2.18. The molecule has 1 aliphatic rings. The maximum atomic E-state index is 12.7. The van der Waals surface area contributed by atoms with Crippen molar-refractivity contribution in [2.75, 3.05) is 6.61 Å². The average Bonchev–Trinajstić information content (AvgIpc) is 2.63. The lowest BCUT2D eigenvalue weighted by Gasteiger charge is -2.26. The van der Waals surface area contributed by atoms with Crippen LogP contribution in [-0.2, 0) is 0 Å². The highest BCUT2D eigenvalue weighted by Gasteiger charge is 2.25. The van der Waals surface area contributed by atoms with E-state index in [0.29, 0.717) is 29.0 Å². The van der Waals surface area contributed by atoms with Gasteiger partial charge in [0, 0.05) is 21.8 Å². The number of amides is 1. The van der Waals surface area contributed by atoms with Crippen LogP contribution in [0, 0.1) is 0 Å². The largest absolute Gasteiger partial charge is 0.493 e. The number of nitrogens with one attached hydrogen (secondary N) is 1. The van der Waals surface area contributed by atoms with E-state index in [1.54, 1.807) is 0 Å². The summed E-state index contributed by atoms with van der Waals surface area (Å²) in [7, 11) is 0. The van der Waals surface area contributed by atoms with Gasteiger partial charge in [0.1, 0.15) is 11.3 Å². The number of para-hydroxylation sites is 1. The predicted molar refractivity (Wildman–Crippen MR) is 99.0 cm³/mol. The van der Waals surface area contributed by atoms with E-state index in [0.717, 1.165) is 15.8 Å². The van der Waals surface area contributed by atoms with Gasteiger partial charge < -0.3 is 10.1 Å². The van der Waals surface area contributed by atoms with Crippen molar-refractivity contribution in [3.05, 3.63) is 63.2 Å². The summed E-state index contributed by atoms with van der Waals surface area (Å²) in [4.78, 5) is 12.7. The number of aromatic nitrogens is 2. The first-order valence-corrected chi connectivity index (χ1v) is 8.95. The summed E-state index contributed by atoms with van der Waals surface area (Å²) < 4.78 is 6.41. The molecule has 25 heavy (non-hydrogen) atoms. The van der Waals surface area contributed by atoms with Gasteiger partial charge in [-0.2, -0.15) is 0 Å². The lowest BCUT2D eigenvalue weighted by atomic mass is 10.0. The van der Waals surface area contributed by atoms with Crippen molar-refractivity contribution in [3.8, 4) is 5.75 Å². The monoisotopic (exact) mass is 417 g/mol. The minimum atomic E-state index is -0.346. The fraction of sp³-hybridized carbons (Fsp3) is 0.167. The lowest BCUT2D eigenvalue weighted by Crippen LogP contribution is -2.33. The van der Waals surface area contributed by atoms with E-state index in [1.165, 1.54) is 0 Å². The van der Waals surface area contributed by atoms with Crippen LogP contribution in [0.25, 0.3) is 10.9 Å². The lowest BCUT2D eigenvalue weighted by molar-refractivity contribution is 0.0919. The van der Waals surface area contributed by atoms with E-state index >= 15 is 0 Å². The third-order valence-electron chi connectivity index (χ3n) is 4.16. The fourth-order valence-electron chi connectivity index (χ4n) is 2.93. The molecule has 0 radical (unpaired) electrons. The smallest absolute Gasteiger partial charge is 0.273 e. The summed E-state index contributed by atoms with van der Waals surface area (Å²) in [6, 6.07) is 13.0. The van der Waals surface area contributed by atoms with Gasteiger partial charge in [0.05, 0.1) is 17.7 Å². The van der Waals surface area contributed by atoms with E-state index in [-0.39, 0.29) is 17.6 Å². The molecule has 1 atom stereocenters. The standard InChI is InChI=1S/C18H13BrClN3O2/c19-12-6-3-5-11-15(20)17(23-22-16(11)12)18(24)21-13-8-9-25-14-7-2-1-4-10(13)14/h1-7,13H,8-9H2,(H,21,24)/t13-/m0/s1. The van der Waals surface area contributed by atoms with Crippen LogP contribution in [0.15, 0.2) is 46.9 Å². The summed E-state index contributed by atoms with van der Waals surface area (Å²) in [6.07, 6.45) is 0.687. The molecule has 1 aliphatic heterocycles. The zero-order chi connectivity index (χ0) is 17.4. The first-order valence-electron chi connectivity index (χ1n) is 7.78. The second-order valence-electron chi connectivity index (χ2n) is 5.70. The molecule has 1 N–H and O–H groups in total. The highest BCUT2D eigenvalue weighted by molar-refractivity contribution is 9.10. The number of carbonyl (C=O) groups is 1. The van der Waals surface area contributed by atoms with Crippen LogP contribution in [0.1, 0.15) is 28.5 Å². The summed E-state index contributed by atoms with van der Waals surface area (Å²) >= 11 is 9.83. The molecule has 0 saturated heterocycles. The Labute approximate surface area is 157 Å². The van der Waals surface area contributed by atoms with Gasteiger partial charge in [-0.15, -0.1) is 10.2 Å². The third-order valence-corrected chi connectivity index (χ3v) is 5.18. The highest BCUT2D eigenvalue weighted by Crippen LogP contribution is 2.33. The van der Waals surface area contributed by atoms with Crippen LogP contribution in [0.5, 0.6) is 5.75 Å². The summed E-state index contributed by atoms with van der Waals surface area (Å²) in [5.74, 6) is 0.444. The van der Waals surface area contributed by atoms with Crippen molar-refractivity contribution in [2.45, 2.75) is 12.5 Å². The number of nitrogens with zero attached hydrogens (tertiary/aromatic N) is 2. The Balaban J connectivity index is 1.67. The van der Waals surface area contributed by atoms with Gasteiger partial charge in [0.2, 0.25) is 0 Å². The van der Waals surface area contributed by atoms with Crippen LogP contribution in [0.4, 0.5) is 0 Å². The van der Waals surface area contributed by atoms with Gasteiger partial charge in [-0.1, -0.05) is 41.9 Å². The number of halogens is 2. The van der Waals surface area contributed by atoms with Crippen molar-refractivity contribution in [3.63, 3.8) is 0 Å². The first-order chi connectivity index (χ1) is 12.1. The van der Waals surface area contributed by atoms with Crippen LogP contribution in [0.2, 0.25) is 5.02 Å². The quantitative estimate of drug-likeness (QED) is 0.674. The van der Waals surface area contributed by atoms with Crippen LogP contribution < -0.4 is 10.1 Å². The molecule has 2 aromatic carbocycles. The molecule has 0 spiro atoms. The molecule has 0 fully saturated rings. The topological polar surface area (TPSA) is 64.1 Å². The van der Waals surface area contributed by atoms with Gasteiger partial charge in [0.25, 0.3) is 5.91 Å². The third kappa shape index (κ3) is 2.96. The Morgan fingerprint density at radius 2 is 2.04 bits per heavy atom. The number of fused-ring (bicyclic) bond motifs is 2. The molecule has 0 bridgehead atoms. The van der Waals surface area contributed by atoms with E-state index in [9.17, 15) is 4.79 Å². The number of hydrogen-bond donors (Lipinski definition) is 1. The molecule has 1 amide bonds. The number of hydrogen-bond acceptors (Lipinski definition) is 4. The Morgan fingerprint density at radius 1 is 1.20 bits per heavy atom. The van der Waals surface area contributed by atoms with Gasteiger partial charge in [-0.25, -0.2) is 0 Å². The Kier molecular flexibility index (Phi) is 4.31. The van der Waals surface area contributed by atoms with Crippen molar-refractivity contribution >= 4 is 44.3 Å². The molecular weight excluding hydrogens is 406 g/mol. The van der Waals surface area contributed by atoms with Gasteiger partial charge in [-0.3, -0.25) is 4.79 Å². The zero-order valence-corrected chi connectivity index (χ0v) is 15.3. The summed E-state index contributed by atoms with van der Waals surface area (Å²) in [5, 5.41) is 12.1. The maximum absolute atomic E-state index is 12.7. The highest BCUT2D eigenvalue weighted by atomic mass is 79.9. The van der Waals surface area contributed by atoms with Gasteiger partial charge in [0.15, 0.2) is 5.69 Å². The fourth-order valence-corrected chi connectivity index (χ4v) is 3.65. The Morgan fingerprint density at radius 3 is 2.92 bits per heavy atom. The van der Waals surface area contributed by atoms with E-state index in [1.807, 2.05) is 42.5 Å². The number of rotatable bonds is 2. The van der Waals surface area contributed by atoms with E-state index in [2.05, 4.69) is 31.4 Å². The summed E-state index contributed by atoms with van der Waals surface area (Å²) in [5.41, 5.74) is 1.70. The zero-order valence-electron chi connectivity index (χ0n) is 13.0. The molecule has 3 aromatic rings. The van der Waals surface area contributed by atoms with Gasteiger partial charge in [-0.05, 0) is 28.1 Å². The van der Waals surface area contributed by atoms with Crippen molar-refractivity contribution in [1.29, 1.82) is 0 Å². The van der Waals surface area contributed by atoms with Crippen LogP contribution >= 0.6 is 27.5 Å². The molecule has 126 valence electrons. The normalized spacial score (nSPS) is 16.2. The minimum absolute atomic E-state index is 0.122.